The van der Waals surface area contributed by atoms with Crippen LogP contribution in [-0.2, 0) is 9.59 Å². The van der Waals surface area contributed by atoms with Gasteiger partial charge in [0.15, 0.2) is 0 Å². The molecule has 2 aromatic carbocycles. The Balaban J connectivity index is 1.85. The van der Waals surface area contributed by atoms with Gasteiger partial charge >= 0.3 is 0 Å². The van der Waals surface area contributed by atoms with Crippen molar-refractivity contribution in [3.8, 4) is 11.5 Å². The molecule has 2 aromatic rings. The summed E-state index contributed by atoms with van der Waals surface area (Å²) >= 11 is 0. The highest BCUT2D eigenvalue weighted by atomic mass is 16.3. The van der Waals surface area contributed by atoms with Crippen LogP contribution in [-0.4, -0.2) is 27.7 Å². The molecule has 142 valence electrons. The van der Waals surface area contributed by atoms with Gasteiger partial charge in [-0.1, -0.05) is 6.07 Å². The van der Waals surface area contributed by atoms with Crippen LogP contribution >= 0.6 is 0 Å². The summed E-state index contributed by atoms with van der Waals surface area (Å²) in [5.74, 6) is -0.772. The summed E-state index contributed by atoms with van der Waals surface area (Å²) in [7, 11) is 0. The first-order valence-electron chi connectivity index (χ1n) is 8.49. The molecule has 27 heavy (non-hydrogen) atoms. The third kappa shape index (κ3) is 5.85. The van der Waals surface area contributed by atoms with E-state index in [1.807, 2.05) is 32.0 Å². The van der Waals surface area contributed by atoms with Crippen molar-refractivity contribution >= 4 is 23.2 Å². The topological polar surface area (TPSA) is 111 Å². The summed E-state index contributed by atoms with van der Waals surface area (Å²) in [6, 6.07) is 9.64. The molecule has 4 N–H and O–H groups in total. The van der Waals surface area contributed by atoms with Crippen molar-refractivity contribution in [2.45, 2.75) is 33.6 Å². The van der Waals surface area contributed by atoms with Gasteiger partial charge in [0.1, 0.15) is 11.5 Å². The highest BCUT2D eigenvalue weighted by molar-refractivity contribution is 6.02. The zero-order valence-corrected chi connectivity index (χ0v) is 15.5. The number of aromatic hydroxyl groups is 2. The maximum atomic E-state index is 12.0. The minimum Gasteiger partial charge on any atom is -0.508 e. The minimum absolute atomic E-state index is 0.0186. The lowest BCUT2D eigenvalue weighted by molar-refractivity contribution is -0.124. The predicted molar refractivity (Wildman–Crippen MR) is 104 cm³/mol. The monoisotopic (exact) mass is 369 g/mol. The molecule has 0 atom stereocenters. The van der Waals surface area contributed by atoms with Crippen molar-refractivity contribution in [1.82, 2.24) is 5.43 Å². The quantitative estimate of drug-likeness (QED) is 0.356. The summed E-state index contributed by atoms with van der Waals surface area (Å²) in [6.45, 7) is 5.54. The zero-order valence-electron chi connectivity index (χ0n) is 15.5. The van der Waals surface area contributed by atoms with Crippen LogP contribution in [0, 0.1) is 13.8 Å². The SMILES string of the molecule is C/C(=N/NC(=O)CCC(=O)Nc1ccc(C)c(C)c1)c1cc(O)ccc1O. The van der Waals surface area contributed by atoms with E-state index in [2.05, 4.69) is 15.8 Å². The van der Waals surface area contributed by atoms with E-state index in [0.717, 1.165) is 11.1 Å². The molecular formula is C20H23N3O4. The number of anilines is 1. The van der Waals surface area contributed by atoms with Crippen molar-refractivity contribution < 1.29 is 19.8 Å². The molecule has 2 amide bonds. The molecule has 0 aliphatic carbocycles. The lowest BCUT2D eigenvalue weighted by atomic mass is 10.1. The van der Waals surface area contributed by atoms with E-state index in [-0.39, 0.29) is 30.2 Å². The first kappa shape index (κ1) is 20.0. The molecule has 0 saturated heterocycles. The van der Waals surface area contributed by atoms with Gasteiger partial charge in [0.25, 0.3) is 0 Å². The summed E-state index contributed by atoms with van der Waals surface area (Å²) < 4.78 is 0. The Morgan fingerprint density at radius 1 is 0.963 bits per heavy atom. The van der Waals surface area contributed by atoms with E-state index in [1.54, 1.807) is 6.92 Å². The number of phenols is 2. The third-order valence-corrected chi connectivity index (χ3v) is 4.09. The fraction of sp³-hybridized carbons (Fsp3) is 0.250. The summed E-state index contributed by atoms with van der Waals surface area (Å²) in [5.41, 5.74) is 5.88. The molecule has 7 nitrogen and oxygen atoms in total. The van der Waals surface area contributed by atoms with E-state index in [9.17, 15) is 19.8 Å². The van der Waals surface area contributed by atoms with E-state index in [0.29, 0.717) is 17.0 Å². The number of aryl methyl sites for hydroxylation is 2. The Bertz CT molecular complexity index is 891. The van der Waals surface area contributed by atoms with Gasteiger partial charge in [-0.15, -0.1) is 0 Å². The third-order valence-electron chi connectivity index (χ3n) is 4.09. The van der Waals surface area contributed by atoms with E-state index in [4.69, 9.17) is 0 Å². The van der Waals surface area contributed by atoms with E-state index in [1.165, 1.54) is 18.2 Å². The summed E-state index contributed by atoms with van der Waals surface area (Å²) in [6.07, 6.45) is -0.00974. The van der Waals surface area contributed by atoms with Gasteiger partial charge in [0, 0.05) is 24.1 Å². The number of nitrogens with zero attached hydrogens (tertiary/aromatic N) is 1. The molecule has 0 bridgehead atoms. The number of nitrogens with one attached hydrogen (secondary N) is 2. The summed E-state index contributed by atoms with van der Waals surface area (Å²) in [4.78, 5) is 23.8. The first-order valence-corrected chi connectivity index (χ1v) is 8.49. The Labute approximate surface area is 157 Å². The normalized spacial score (nSPS) is 11.1. The second kappa shape index (κ2) is 8.84. The van der Waals surface area contributed by atoms with Crippen molar-refractivity contribution in [2.24, 2.45) is 5.10 Å². The average Bonchev–Trinajstić information content (AvgIpc) is 2.63. The number of hydrogen-bond acceptors (Lipinski definition) is 5. The van der Waals surface area contributed by atoms with E-state index >= 15 is 0 Å². The lowest BCUT2D eigenvalue weighted by Crippen LogP contribution is -2.21. The highest BCUT2D eigenvalue weighted by Crippen LogP contribution is 2.22. The number of hydrogen-bond donors (Lipinski definition) is 4. The molecule has 0 radical (unpaired) electrons. The number of carbonyl (C=O) groups is 2. The van der Waals surface area contributed by atoms with Gasteiger partial charge in [-0.05, 0) is 62.2 Å². The lowest BCUT2D eigenvalue weighted by Gasteiger charge is -2.08. The van der Waals surface area contributed by atoms with Crippen LogP contribution in [0.3, 0.4) is 0 Å². The van der Waals surface area contributed by atoms with E-state index < -0.39 is 5.91 Å². The predicted octanol–water partition coefficient (Wildman–Crippen LogP) is 2.97. The van der Waals surface area contributed by atoms with Crippen molar-refractivity contribution in [1.29, 1.82) is 0 Å². The van der Waals surface area contributed by atoms with Crippen LogP contribution in [0.2, 0.25) is 0 Å². The number of hydrazone groups is 1. The van der Waals surface area contributed by atoms with Gasteiger partial charge in [-0.25, -0.2) is 5.43 Å². The van der Waals surface area contributed by atoms with Gasteiger partial charge in [0.05, 0.1) is 5.71 Å². The molecule has 0 unspecified atom stereocenters. The molecule has 0 saturated carbocycles. The zero-order chi connectivity index (χ0) is 20.0. The molecule has 0 heterocycles. The number of carbonyl (C=O) groups excluding carboxylic acids is 2. The van der Waals surface area contributed by atoms with Crippen LogP contribution in [0.4, 0.5) is 5.69 Å². The van der Waals surface area contributed by atoms with Crippen molar-refractivity contribution in [2.75, 3.05) is 5.32 Å². The fourth-order valence-corrected chi connectivity index (χ4v) is 2.35. The fourth-order valence-electron chi connectivity index (χ4n) is 2.35. The van der Waals surface area contributed by atoms with Crippen LogP contribution < -0.4 is 10.7 Å². The largest absolute Gasteiger partial charge is 0.508 e. The molecule has 0 aromatic heterocycles. The Hall–Kier alpha value is -3.35. The first-order chi connectivity index (χ1) is 12.8. The molecule has 0 aliphatic rings. The number of phenolic OH excluding ortho intramolecular Hbond substituents is 2. The maximum absolute atomic E-state index is 12.0. The number of amides is 2. The molecule has 2 rings (SSSR count). The number of rotatable bonds is 6. The van der Waals surface area contributed by atoms with Crippen LogP contribution in [0.15, 0.2) is 41.5 Å². The second-order valence-corrected chi connectivity index (χ2v) is 6.28. The summed E-state index contributed by atoms with van der Waals surface area (Å²) in [5, 5.41) is 25.9. The number of benzene rings is 2. The van der Waals surface area contributed by atoms with Gasteiger partial charge < -0.3 is 15.5 Å². The van der Waals surface area contributed by atoms with Crippen LogP contribution in [0.5, 0.6) is 11.5 Å². The standard InChI is InChI=1S/C20H23N3O4/c1-12-4-5-15(10-13(12)2)21-19(26)8-9-20(27)23-22-14(3)17-11-16(24)6-7-18(17)25/h4-7,10-11,24-25H,8-9H2,1-3H3,(H,21,26)(H,23,27)/b22-14-. The highest BCUT2D eigenvalue weighted by Gasteiger charge is 2.09. The Morgan fingerprint density at radius 3 is 2.37 bits per heavy atom. The molecular weight excluding hydrogens is 346 g/mol. The van der Waals surface area contributed by atoms with Gasteiger partial charge in [0.2, 0.25) is 11.8 Å². The maximum Gasteiger partial charge on any atom is 0.240 e. The molecule has 0 spiro atoms. The second-order valence-electron chi connectivity index (χ2n) is 6.28. The molecule has 0 fully saturated rings. The van der Waals surface area contributed by atoms with Crippen molar-refractivity contribution in [3.05, 3.63) is 53.1 Å². The van der Waals surface area contributed by atoms with Gasteiger partial charge in [-0.3, -0.25) is 9.59 Å². The molecule has 7 heteroatoms. The van der Waals surface area contributed by atoms with Crippen molar-refractivity contribution in [3.63, 3.8) is 0 Å². The van der Waals surface area contributed by atoms with Crippen LogP contribution in [0.1, 0.15) is 36.5 Å². The Kier molecular flexibility index (Phi) is 6.54. The minimum atomic E-state index is -0.427. The smallest absolute Gasteiger partial charge is 0.240 e. The average molecular weight is 369 g/mol. The molecule has 0 aliphatic heterocycles. The van der Waals surface area contributed by atoms with Crippen LogP contribution in [0.25, 0.3) is 0 Å². The Morgan fingerprint density at radius 2 is 1.67 bits per heavy atom. The van der Waals surface area contributed by atoms with Gasteiger partial charge in [-0.2, -0.15) is 5.10 Å².